The number of rotatable bonds is 7. The summed E-state index contributed by atoms with van der Waals surface area (Å²) in [5.41, 5.74) is 4.79. The summed E-state index contributed by atoms with van der Waals surface area (Å²) in [7, 11) is 0. The summed E-state index contributed by atoms with van der Waals surface area (Å²) in [5, 5.41) is 13.0. The summed E-state index contributed by atoms with van der Waals surface area (Å²) in [6, 6.07) is 13.1. The molecule has 0 radical (unpaired) electrons. The van der Waals surface area contributed by atoms with Crippen molar-refractivity contribution in [2.75, 3.05) is 31.6 Å². The van der Waals surface area contributed by atoms with Gasteiger partial charge in [-0.15, -0.1) is 22.6 Å². The van der Waals surface area contributed by atoms with Crippen molar-refractivity contribution in [2.24, 2.45) is 0 Å². The Kier molecular flexibility index (Phi) is 8.23. The highest BCUT2D eigenvalue weighted by atomic mass is 35.5. The Labute approximate surface area is 220 Å². The normalized spacial score (nSPS) is 13.6. The van der Waals surface area contributed by atoms with Crippen LogP contribution in [0.5, 0.6) is 5.88 Å². The fourth-order valence-electron chi connectivity index (χ4n) is 4.16. The number of nitrogens with one attached hydrogen (secondary N) is 1. The molecule has 35 heavy (non-hydrogen) atoms. The van der Waals surface area contributed by atoms with Crippen molar-refractivity contribution in [2.45, 2.75) is 19.8 Å². The lowest BCUT2D eigenvalue weighted by Crippen LogP contribution is -2.25. The molecule has 0 bridgehead atoms. The van der Waals surface area contributed by atoms with Crippen LogP contribution in [-0.2, 0) is 0 Å². The van der Waals surface area contributed by atoms with Gasteiger partial charge in [0, 0.05) is 40.1 Å². The Morgan fingerprint density at radius 1 is 1.03 bits per heavy atom. The van der Waals surface area contributed by atoms with Crippen molar-refractivity contribution in [1.29, 1.82) is 0 Å². The molecule has 1 saturated heterocycles. The Balaban J connectivity index is 0.00000289. The van der Waals surface area contributed by atoms with E-state index < -0.39 is 0 Å². The number of halogens is 3. The van der Waals surface area contributed by atoms with Gasteiger partial charge in [0.25, 0.3) is 0 Å². The summed E-state index contributed by atoms with van der Waals surface area (Å²) in [4.78, 5) is 11.4. The lowest BCUT2D eigenvalue weighted by atomic mass is 10.0. The molecule has 1 aliphatic heterocycles. The Morgan fingerprint density at radius 2 is 1.80 bits per heavy atom. The number of hydrogen-bond donors (Lipinski definition) is 1. The molecule has 1 N–H and O–H groups in total. The highest BCUT2D eigenvalue weighted by molar-refractivity contribution is 6.39. The van der Waals surface area contributed by atoms with Gasteiger partial charge in [-0.1, -0.05) is 29.3 Å². The number of hydrogen-bond acceptors (Lipinski definition) is 7. The number of anilines is 2. The van der Waals surface area contributed by atoms with E-state index in [4.69, 9.17) is 27.9 Å². The van der Waals surface area contributed by atoms with Crippen LogP contribution in [-0.4, -0.2) is 51.3 Å². The van der Waals surface area contributed by atoms with Gasteiger partial charge in [-0.25, -0.2) is 9.97 Å². The summed E-state index contributed by atoms with van der Waals surface area (Å²) in [6.07, 6.45) is 4.24. The first-order valence-corrected chi connectivity index (χ1v) is 12.0. The maximum absolute atomic E-state index is 6.40. The lowest BCUT2D eigenvalue weighted by Gasteiger charge is -2.14. The number of fused-ring (bicyclic) bond motifs is 1. The molecule has 182 valence electrons. The van der Waals surface area contributed by atoms with Crippen molar-refractivity contribution in [3.63, 3.8) is 0 Å². The average Bonchev–Trinajstić information content (AvgIpc) is 3.33. The number of benzene rings is 2. The Hall–Kier alpha value is -2.71. The first-order valence-electron chi connectivity index (χ1n) is 11.2. The second kappa shape index (κ2) is 11.4. The maximum atomic E-state index is 6.40. The lowest BCUT2D eigenvalue weighted by molar-refractivity contribution is 0.232. The van der Waals surface area contributed by atoms with E-state index in [1.165, 1.54) is 12.8 Å². The fourth-order valence-corrected chi connectivity index (χ4v) is 4.78. The Bertz CT molecular complexity index is 1310. The molecule has 5 rings (SSSR count). The van der Waals surface area contributed by atoms with Crippen LogP contribution in [0.15, 0.2) is 48.7 Å². The molecule has 1 fully saturated rings. The van der Waals surface area contributed by atoms with Gasteiger partial charge in [0.1, 0.15) is 12.1 Å². The zero-order valence-corrected chi connectivity index (χ0v) is 21.5. The Morgan fingerprint density at radius 3 is 2.57 bits per heavy atom. The van der Waals surface area contributed by atoms with Crippen molar-refractivity contribution in [1.82, 2.24) is 25.1 Å². The van der Waals surface area contributed by atoms with Gasteiger partial charge < -0.3 is 10.1 Å². The minimum Gasteiger partial charge on any atom is -0.476 e. The van der Waals surface area contributed by atoms with Gasteiger partial charge >= 0.3 is 0 Å². The number of ether oxygens (including phenoxy) is 1. The van der Waals surface area contributed by atoms with Crippen molar-refractivity contribution >= 4 is 58.3 Å². The van der Waals surface area contributed by atoms with Gasteiger partial charge in [-0.05, 0) is 74.3 Å². The van der Waals surface area contributed by atoms with Crippen LogP contribution in [0.4, 0.5) is 11.6 Å². The van der Waals surface area contributed by atoms with E-state index in [0.29, 0.717) is 34.0 Å². The third kappa shape index (κ3) is 5.93. The zero-order chi connectivity index (χ0) is 23.5. The number of aromatic nitrogens is 4. The van der Waals surface area contributed by atoms with Gasteiger partial charge in [0.05, 0.1) is 5.52 Å². The van der Waals surface area contributed by atoms with E-state index >= 15 is 0 Å². The van der Waals surface area contributed by atoms with Crippen LogP contribution in [0, 0.1) is 6.92 Å². The molecule has 2 aromatic carbocycles. The SMILES string of the molecule is Cc1cc(-c2c(Cl)cccc2Cl)cc2nnc(Nc3ccnc(OCCN4CCCC4)c3)nc12.Cl. The molecule has 2 aromatic heterocycles. The van der Waals surface area contributed by atoms with Crippen LogP contribution >= 0.6 is 35.6 Å². The predicted molar refractivity (Wildman–Crippen MR) is 143 cm³/mol. The average molecular weight is 532 g/mol. The van der Waals surface area contributed by atoms with Crippen LogP contribution in [0.25, 0.3) is 22.2 Å². The maximum Gasteiger partial charge on any atom is 0.247 e. The molecule has 3 heterocycles. The van der Waals surface area contributed by atoms with Gasteiger partial charge in [0.2, 0.25) is 11.8 Å². The minimum absolute atomic E-state index is 0. The summed E-state index contributed by atoms with van der Waals surface area (Å²) in [5.74, 6) is 0.962. The molecular formula is C25H25Cl3N6O. The van der Waals surface area contributed by atoms with E-state index in [-0.39, 0.29) is 12.4 Å². The second-order valence-electron chi connectivity index (χ2n) is 8.30. The summed E-state index contributed by atoms with van der Waals surface area (Å²) >= 11 is 12.8. The van der Waals surface area contributed by atoms with Crippen LogP contribution in [0.2, 0.25) is 10.0 Å². The smallest absolute Gasteiger partial charge is 0.247 e. The van der Waals surface area contributed by atoms with E-state index in [1.807, 2.05) is 49.4 Å². The minimum atomic E-state index is 0. The van der Waals surface area contributed by atoms with Gasteiger partial charge in [-0.3, -0.25) is 4.90 Å². The van der Waals surface area contributed by atoms with E-state index in [0.717, 1.165) is 47.5 Å². The standard InChI is InChI=1S/C25H24Cl2N6O.ClH/c1-16-13-17(23-19(26)5-4-6-20(23)27)14-21-24(16)30-25(32-31-21)29-18-7-8-28-22(15-18)34-12-11-33-9-2-3-10-33;/h4-8,13-15H,2-3,9-12H2,1H3,(H,28,29,30,32);1H. The van der Waals surface area contributed by atoms with E-state index in [1.54, 1.807) is 6.20 Å². The summed E-state index contributed by atoms with van der Waals surface area (Å²) < 4.78 is 5.84. The zero-order valence-electron chi connectivity index (χ0n) is 19.2. The molecular weight excluding hydrogens is 507 g/mol. The van der Waals surface area contributed by atoms with Crippen LogP contribution < -0.4 is 10.1 Å². The fraction of sp³-hybridized carbons (Fsp3) is 0.280. The molecule has 10 heteroatoms. The highest BCUT2D eigenvalue weighted by Crippen LogP contribution is 2.36. The highest BCUT2D eigenvalue weighted by Gasteiger charge is 2.14. The van der Waals surface area contributed by atoms with Gasteiger partial charge in [-0.2, -0.15) is 0 Å². The number of aryl methyl sites for hydroxylation is 1. The first kappa shape index (κ1) is 25.4. The number of nitrogens with zero attached hydrogens (tertiary/aromatic N) is 5. The topological polar surface area (TPSA) is 76.1 Å². The van der Waals surface area contributed by atoms with Gasteiger partial charge in [0.15, 0.2) is 0 Å². The largest absolute Gasteiger partial charge is 0.476 e. The van der Waals surface area contributed by atoms with Crippen LogP contribution in [0.3, 0.4) is 0 Å². The predicted octanol–water partition coefficient (Wildman–Crippen LogP) is 6.34. The quantitative estimate of drug-likeness (QED) is 0.298. The van der Waals surface area contributed by atoms with E-state index in [2.05, 4.69) is 30.4 Å². The molecule has 0 atom stereocenters. The molecule has 7 nitrogen and oxygen atoms in total. The number of likely N-dealkylation sites (tertiary alicyclic amines) is 1. The molecule has 1 aliphatic rings. The van der Waals surface area contributed by atoms with Crippen molar-refractivity contribution in [3.05, 3.63) is 64.3 Å². The molecule has 0 saturated carbocycles. The van der Waals surface area contributed by atoms with Crippen molar-refractivity contribution < 1.29 is 4.74 Å². The second-order valence-corrected chi connectivity index (χ2v) is 9.11. The molecule has 0 amide bonds. The third-order valence-corrected chi connectivity index (χ3v) is 6.48. The van der Waals surface area contributed by atoms with Crippen molar-refractivity contribution in [3.8, 4) is 17.0 Å². The first-order chi connectivity index (χ1) is 16.6. The van der Waals surface area contributed by atoms with Crippen LogP contribution in [0.1, 0.15) is 18.4 Å². The number of pyridine rings is 1. The monoisotopic (exact) mass is 530 g/mol. The molecule has 0 unspecified atom stereocenters. The molecule has 4 aromatic rings. The third-order valence-electron chi connectivity index (χ3n) is 5.85. The van der Waals surface area contributed by atoms with E-state index in [9.17, 15) is 0 Å². The molecule has 0 aliphatic carbocycles. The summed E-state index contributed by atoms with van der Waals surface area (Å²) in [6.45, 7) is 5.81. The molecule has 0 spiro atoms.